The fourth-order valence-corrected chi connectivity index (χ4v) is 2.23. The van der Waals surface area contributed by atoms with E-state index in [1.807, 2.05) is 14.0 Å². The predicted molar refractivity (Wildman–Crippen MR) is 57.9 cm³/mol. The van der Waals surface area contributed by atoms with E-state index in [1.165, 1.54) is 0 Å². The Balaban J connectivity index is 2.08. The number of aromatic nitrogens is 2. The predicted octanol–water partition coefficient (Wildman–Crippen LogP) is 2.64. The maximum absolute atomic E-state index is 13.1. The largest absolute Gasteiger partial charge is 0.338 e. The van der Waals surface area contributed by atoms with Gasteiger partial charge in [0.2, 0.25) is 11.8 Å². The lowest BCUT2D eigenvalue weighted by atomic mass is 10.1. The molecular formula is C11H17F2N3O. The molecule has 6 heteroatoms. The van der Waals surface area contributed by atoms with E-state index in [1.54, 1.807) is 0 Å². The Bertz CT molecular complexity index is 377. The number of rotatable bonds is 4. The van der Waals surface area contributed by atoms with Crippen LogP contribution in [0.4, 0.5) is 8.78 Å². The molecule has 0 bridgehead atoms. The van der Waals surface area contributed by atoms with Crippen LogP contribution in [0.3, 0.4) is 0 Å². The molecule has 0 aliphatic heterocycles. The molecule has 2 unspecified atom stereocenters. The topological polar surface area (TPSA) is 51.0 Å². The van der Waals surface area contributed by atoms with Crippen molar-refractivity contribution in [2.45, 2.75) is 50.5 Å². The Labute approximate surface area is 98.8 Å². The first kappa shape index (κ1) is 12.4. The average molecular weight is 245 g/mol. The van der Waals surface area contributed by atoms with E-state index in [0.29, 0.717) is 18.1 Å². The van der Waals surface area contributed by atoms with Gasteiger partial charge < -0.3 is 9.84 Å². The van der Waals surface area contributed by atoms with Crippen molar-refractivity contribution in [3.05, 3.63) is 11.7 Å². The van der Waals surface area contributed by atoms with Crippen LogP contribution in [0.1, 0.15) is 56.3 Å². The average Bonchev–Trinajstić information content (AvgIpc) is 2.87. The third kappa shape index (κ3) is 2.62. The lowest BCUT2D eigenvalue weighted by Gasteiger charge is -2.07. The number of nitrogens with one attached hydrogen (secondary N) is 1. The molecule has 1 aromatic heterocycles. The van der Waals surface area contributed by atoms with Gasteiger partial charge in [-0.1, -0.05) is 12.1 Å². The first-order chi connectivity index (χ1) is 8.05. The van der Waals surface area contributed by atoms with E-state index in [2.05, 4.69) is 15.5 Å². The van der Waals surface area contributed by atoms with Crippen molar-refractivity contribution in [2.24, 2.45) is 0 Å². The number of nitrogens with zero attached hydrogens (tertiary/aromatic N) is 2. The van der Waals surface area contributed by atoms with E-state index in [9.17, 15) is 8.78 Å². The normalized spacial score (nSPS) is 25.1. The summed E-state index contributed by atoms with van der Waals surface area (Å²) in [5.74, 6) is -1.93. The van der Waals surface area contributed by atoms with Gasteiger partial charge in [-0.05, 0) is 19.9 Å². The highest BCUT2D eigenvalue weighted by Gasteiger charge is 2.42. The molecule has 0 amide bonds. The van der Waals surface area contributed by atoms with Crippen molar-refractivity contribution in [3.63, 3.8) is 0 Å². The van der Waals surface area contributed by atoms with Gasteiger partial charge in [0.05, 0.1) is 6.04 Å². The standard InChI is InChI=1S/C11H17F2N3O/c1-3-8(14-2)10-15-9(16-17-10)7-4-5-11(12,13)6-7/h7-8,14H,3-6H2,1-2H3. The van der Waals surface area contributed by atoms with Gasteiger partial charge in [0, 0.05) is 18.8 Å². The van der Waals surface area contributed by atoms with Gasteiger partial charge in [0.15, 0.2) is 5.82 Å². The molecule has 17 heavy (non-hydrogen) atoms. The summed E-state index contributed by atoms with van der Waals surface area (Å²) in [4.78, 5) is 4.23. The number of hydrogen-bond donors (Lipinski definition) is 1. The zero-order valence-electron chi connectivity index (χ0n) is 10.0. The van der Waals surface area contributed by atoms with Gasteiger partial charge in [0.1, 0.15) is 0 Å². The van der Waals surface area contributed by atoms with Gasteiger partial charge in [-0.3, -0.25) is 0 Å². The van der Waals surface area contributed by atoms with Crippen molar-refractivity contribution < 1.29 is 13.3 Å². The third-order valence-corrected chi connectivity index (χ3v) is 3.28. The molecule has 96 valence electrons. The molecule has 2 atom stereocenters. The smallest absolute Gasteiger partial charge is 0.248 e. The molecule has 1 aromatic rings. The molecule has 1 aliphatic rings. The molecule has 0 spiro atoms. The maximum atomic E-state index is 13.1. The quantitative estimate of drug-likeness (QED) is 0.886. The van der Waals surface area contributed by atoms with Crippen molar-refractivity contribution in [2.75, 3.05) is 7.05 Å². The second-order valence-corrected chi connectivity index (χ2v) is 4.54. The van der Waals surface area contributed by atoms with E-state index < -0.39 is 5.92 Å². The number of halogens is 2. The van der Waals surface area contributed by atoms with Crippen molar-refractivity contribution in [3.8, 4) is 0 Å². The molecule has 4 nitrogen and oxygen atoms in total. The Morgan fingerprint density at radius 1 is 1.59 bits per heavy atom. The molecule has 0 saturated heterocycles. The molecule has 1 fully saturated rings. The summed E-state index contributed by atoms with van der Waals surface area (Å²) in [6, 6.07) is -0.00170. The molecule has 0 radical (unpaired) electrons. The van der Waals surface area contributed by atoms with Gasteiger partial charge in [-0.25, -0.2) is 8.78 Å². The van der Waals surface area contributed by atoms with Gasteiger partial charge in [-0.15, -0.1) is 0 Å². The Kier molecular flexibility index (Phi) is 3.42. The maximum Gasteiger partial charge on any atom is 0.248 e. The highest BCUT2D eigenvalue weighted by Crippen LogP contribution is 2.43. The molecule has 2 rings (SSSR count). The van der Waals surface area contributed by atoms with Gasteiger partial charge >= 0.3 is 0 Å². The number of hydrogen-bond acceptors (Lipinski definition) is 4. The fourth-order valence-electron chi connectivity index (χ4n) is 2.23. The summed E-state index contributed by atoms with van der Waals surface area (Å²) in [6.45, 7) is 1.99. The van der Waals surface area contributed by atoms with Crippen LogP contribution in [-0.2, 0) is 0 Å². The van der Waals surface area contributed by atoms with E-state index >= 15 is 0 Å². The third-order valence-electron chi connectivity index (χ3n) is 3.28. The minimum atomic E-state index is -2.57. The summed E-state index contributed by atoms with van der Waals surface area (Å²) in [5, 5.41) is 6.86. The summed E-state index contributed by atoms with van der Waals surface area (Å²) in [6.07, 6.45) is 1.01. The van der Waals surface area contributed by atoms with Crippen LogP contribution in [0, 0.1) is 0 Å². The highest BCUT2D eigenvalue weighted by atomic mass is 19.3. The summed E-state index contributed by atoms with van der Waals surface area (Å²) >= 11 is 0. The second-order valence-electron chi connectivity index (χ2n) is 4.54. The Morgan fingerprint density at radius 3 is 2.88 bits per heavy atom. The summed E-state index contributed by atoms with van der Waals surface area (Å²) in [5.41, 5.74) is 0. The zero-order valence-corrected chi connectivity index (χ0v) is 10.0. The van der Waals surface area contributed by atoms with Crippen LogP contribution in [0.15, 0.2) is 4.52 Å². The summed E-state index contributed by atoms with van der Waals surface area (Å²) in [7, 11) is 1.81. The molecule has 1 heterocycles. The van der Waals surface area contributed by atoms with E-state index in [-0.39, 0.29) is 24.8 Å². The van der Waals surface area contributed by atoms with Crippen LogP contribution >= 0.6 is 0 Å². The van der Waals surface area contributed by atoms with Crippen molar-refractivity contribution >= 4 is 0 Å². The van der Waals surface area contributed by atoms with Crippen LogP contribution in [0.2, 0.25) is 0 Å². The lowest BCUT2D eigenvalue weighted by molar-refractivity contribution is 0.00750. The van der Waals surface area contributed by atoms with E-state index in [4.69, 9.17) is 4.52 Å². The highest BCUT2D eigenvalue weighted by molar-refractivity contribution is 5.03. The van der Waals surface area contributed by atoms with Gasteiger partial charge in [-0.2, -0.15) is 4.98 Å². The SMILES string of the molecule is CCC(NC)c1nc(C2CCC(F)(F)C2)no1. The van der Waals surface area contributed by atoms with Crippen LogP contribution in [0.5, 0.6) is 0 Å². The first-order valence-corrected chi connectivity index (χ1v) is 5.94. The molecule has 1 saturated carbocycles. The molecule has 1 aliphatic carbocycles. The minimum absolute atomic E-state index is 0.00170. The van der Waals surface area contributed by atoms with Crippen molar-refractivity contribution in [1.29, 1.82) is 0 Å². The van der Waals surface area contributed by atoms with Crippen LogP contribution in [-0.4, -0.2) is 23.1 Å². The number of alkyl halides is 2. The van der Waals surface area contributed by atoms with Crippen LogP contribution < -0.4 is 5.32 Å². The molecule has 0 aromatic carbocycles. The lowest BCUT2D eigenvalue weighted by Crippen LogP contribution is -2.15. The monoisotopic (exact) mass is 245 g/mol. The van der Waals surface area contributed by atoms with Gasteiger partial charge in [0.25, 0.3) is 0 Å². The van der Waals surface area contributed by atoms with E-state index in [0.717, 1.165) is 6.42 Å². The molecular weight excluding hydrogens is 228 g/mol. The minimum Gasteiger partial charge on any atom is -0.338 e. The van der Waals surface area contributed by atoms with Crippen molar-refractivity contribution in [1.82, 2.24) is 15.5 Å². The summed E-state index contributed by atoms with van der Waals surface area (Å²) < 4.78 is 31.3. The Hall–Kier alpha value is -1.04. The molecule has 1 N–H and O–H groups in total. The second kappa shape index (κ2) is 4.68. The van der Waals surface area contributed by atoms with Crippen LogP contribution in [0.25, 0.3) is 0 Å². The first-order valence-electron chi connectivity index (χ1n) is 5.94. The zero-order chi connectivity index (χ0) is 12.5. The Morgan fingerprint density at radius 2 is 2.35 bits per heavy atom. The fraction of sp³-hybridized carbons (Fsp3) is 0.818.